The molecule has 0 bridgehead atoms. The van der Waals surface area contributed by atoms with Crippen molar-refractivity contribution in [3.63, 3.8) is 0 Å². The van der Waals surface area contributed by atoms with Crippen LogP contribution in [0.5, 0.6) is 0 Å². The van der Waals surface area contributed by atoms with Crippen molar-refractivity contribution in [1.82, 2.24) is 0 Å². The summed E-state index contributed by atoms with van der Waals surface area (Å²) < 4.78 is 51.3. The Morgan fingerprint density at radius 2 is 1.74 bits per heavy atom. The van der Waals surface area contributed by atoms with Crippen LogP contribution in [0.15, 0.2) is 24.3 Å². The molecule has 2 N–H and O–H groups in total. The lowest BCUT2D eigenvalue weighted by Crippen LogP contribution is -2.47. The third-order valence-corrected chi connectivity index (χ3v) is 3.94. The molecule has 1 nitrogen and oxygen atoms in total. The summed E-state index contributed by atoms with van der Waals surface area (Å²) in [5, 5.41) is 0. The first-order chi connectivity index (χ1) is 8.80. The van der Waals surface area contributed by atoms with Crippen LogP contribution in [0.4, 0.5) is 17.6 Å². The lowest BCUT2D eigenvalue weighted by Gasteiger charge is -2.38. The normalized spacial score (nSPS) is 28.4. The summed E-state index contributed by atoms with van der Waals surface area (Å²) in [5.74, 6) is -1.60. The molecule has 1 aromatic carbocycles. The average molecular weight is 275 g/mol. The molecular formula is C14H17F4N. The minimum atomic E-state index is -4.14. The molecule has 1 aliphatic rings. The molecule has 1 aromatic rings. The second-order valence-electron chi connectivity index (χ2n) is 5.45. The van der Waals surface area contributed by atoms with E-state index in [4.69, 9.17) is 5.73 Å². The SMILES string of the molecule is NC1(Cc2ccccc2F)CCC(C(F)(F)F)CC1. The van der Waals surface area contributed by atoms with Crippen LogP contribution in [-0.2, 0) is 6.42 Å². The largest absolute Gasteiger partial charge is 0.391 e. The van der Waals surface area contributed by atoms with E-state index in [1.54, 1.807) is 18.2 Å². The molecule has 0 heterocycles. The number of hydrogen-bond acceptors (Lipinski definition) is 1. The third kappa shape index (κ3) is 3.47. The summed E-state index contributed by atoms with van der Waals surface area (Å²) in [4.78, 5) is 0. The highest BCUT2D eigenvalue weighted by Gasteiger charge is 2.44. The molecule has 2 rings (SSSR count). The van der Waals surface area contributed by atoms with Crippen LogP contribution in [0.1, 0.15) is 31.2 Å². The number of benzene rings is 1. The molecule has 0 unspecified atom stereocenters. The van der Waals surface area contributed by atoms with Crippen molar-refractivity contribution in [2.24, 2.45) is 11.7 Å². The van der Waals surface area contributed by atoms with Gasteiger partial charge in [0, 0.05) is 5.54 Å². The van der Waals surface area contributed by atoms with Crippen molar-refractivity contribution in [3.05, 3.63) is 35.6 Å². The maximum Gasteiger partial charge on any atom is 0.391 e. The van der Waals surface area contributed by atoms with Crippen LogP contribution < -0.4 is 5.73 Å². The molecule has 0 saturated heterocycles. The Hall–Kier alpha value is -1.10. The second-order valence-corrected chi connectivity index (χ2v) is 5.45. The van der Waals surface area contributed by atoms with E-state index in [2.05, 4.69) is 0 Å². The number of hydrogen-bond donors (Lipinski definition) is 1. The second kappa shape index (κ2) is 5.12. The van der Waals surface area contributed by atoms with Gasteiger partial charge in [0.05, 0.1) is 5.92 Å². The molecule has 0 amide bonds. The summed E-state index contributed by atoms with van der Waals surface area (Å²) in [6.45, 7) is 0. The fourth-order valence-corrected chi connectivity index (χ4v) is 2.72. The average Bonchev–Trinajstić information content (AvgIpc) is 2.31. The fourth-order valence-electron chi connectivity index (χ4n) is 2.72. The van der Waals surface area contributed by atoms with E-state index in [1.807, 2.05) is 0 Å². The first-order valence-electron chi connectivity index (χ1n) is 6.39. The number of nitrogens with two attached hydrogens (primary N) is 1. The Bertz CT molecular complexity index is 433. The zero-order chi connectivity index (χ0) is 14.1. The van der Waals surface area contributed by atoms with Crippen molar-refractivity contribution in [2.45, 2.75) is 43.8 Å². The lowest BCUT2D eigenvalue weighted by atomic mass is 9.74. The standard InChI is InChI=1S/C14H17F4N/c15-12-4-2-1-3-10(12)9-13(19)7-5-11(6-8-13)14(16,17)18/h1-4,11H,5-9,19H2. The summed E-state index contributed by atoms with van der Waals surface area (Å²) in [7, 11) is 0. The quantitative estimate of drug-likeness (QED) is 0.816. The first kappa shape index (κ1) is 14.3. The van der Waals surface area contributed by atoms with Crippen molar-refractivity contribution in [1.29, 1.82) is 0 Å². The van der Waals surface area contributed by atoms with E-state index in [0.717, 1.165) is 0 Å². The Morgan fingerprint density at radius 3 is 2.26 bits per heavy atom. The molecule has 1 aliphatic carbocycles. The van der Waals surface area contributed by atoms with Gasteiger partial charge in [-0.2, -0.15) is 13.2 Å². The predicted octanol–water partition coefficient (Wildman–Crippen LogP) is 3.82. The summed E-state index contributed by atoms with van der Waals surface area (Å²) in [6, 6.07) is 6.28. The van der Waals surface area contributed by atoms with Gasteiger partial charge in [-0.25, -0.2) is 4.39 Å². The van der Waals surface area contributed by atoms with E-state index < -0.39 is 17.6 Å². The molecule has 0 spiro atoms. The third-order valence-electron chi connectivity index (χ3n) is 3.94. The van der Waals surface area contributed by atoms with Gasteiger partial charge in [0.25, 0.3) is 0 Å². The van der Waals surface area contributed by atoms with Crippen LogP contribution in [0.3, 0.4) is 0 Å². The predicted molar refractivity (Wildman–Crippen MR) is 65.0 cm³/mol. The van der Waals surface area contributed by atoms with E-state index in [1.165, 1.54) is 6.07 Å². The van der Waals surface area contributed by atoms with E-state index >= 15 is 0 Å². The van der Waals surface area contributed by atoms with E-state index in [-0.39, 0.29) is 31.5 Å². The zero-order valence-corrected chi connectivity index (χ0v) is 10.5. The highest BCUT2D eigenvalue weighted by Crippen LogP contribution is 2.41. The van der Waals surface area contributed by atoms with Gasteiger partial charge in [-0.1, -0.05) is 18.2 Å². The maximum atomic E-state index is 13.5. The van der Waals surface area contributed by atoms with Gasteiger partial charge >= 0.3 is 6.18 Å². The van der Waals surface area contributed by atoms with Crippen molar-refractivity contribution in [2.75, 3.05) is 0 Å². The van der Waals surface area contributed by atoms with Gasteiger partial charge in [-0.15, -0.1) is 0 Å². The zero-order valence-electron chi connectivity index (χ0n) is 10.5. The highest BCUT2D eigenvalue weighted by molar-refractivity contribution is 5.20. The Labute approximate surface area is 109 Å². The Morgan fingerprint density at radius 1 is 1.16 bits per heavy atom. The molecule has 0 aromatic heterocycles. The van der Waals surface area contributed by atoms with Crippen LogP contribution >= 0.6 is 0 Å². The van der Waals surface area contributed by atoms with Gasteiger partial charge in [-0.3, -0.25) is 0 Å². The van der Waals surface area contributed by atoms with Gasteiger partial charge in [0.1, 0.15) is 5.82 Å². The number of rotatable bonds is 2. The van der Waals surface area contributed by atoms with Crippen LogP contribution in [0, 0.1) is 11.7 Å². The minimum absolute atomic E-state index is 0.0362. The van der Waals surface area contributed by atoms with Crippen molar-refractivity contribution < 1.29 is 17.6 Å². The van der Waals surface area contributed by atoms with E-state index in [9.17, 15) is 17.6 Å². The first-order valence-corrected chi connectivity index (χ1v) is 6.39. The van der Waals surface area contributed by atoms with Gasteiger partial charge < -0.3 is 5.73 Å². The molecule has 106 valence electrons. The molecule has 1 saturated carbocycles. The number of halogens is 4. The highest BCUT2D eigenvalue weighted by atomic mass is 19.4. The topological polar surface area (TPSA) is 26.0 Å². The molecule has 0 radical (unpaired) electrons. The van der Waals surface area contributed by atoms with Gasteiger partial charge in [-0.05, 0) is 43.7 Å². The van der Waals surface area contributed by atoms with Gasteiger partial charge in [0.2, 0.25) is 0 Å². The van der Waals surface area contributed by atoms with Crippen LogP contribution in [0.25, 0.3) is 0 Å². The van der Waals surface area contributed by atoms with Crippen molar-refractivity contribution in [3.8, 4) is 0 Å². The summed E-state index contributed by atoms with van der Waals surface area (Å²) >= 11 is 0. The molecule has 19 heavy (non-hydrogen) atoms. The summed E-state index contributed by atoms with van der Waals surface area (Å²) in [6.07, 6.45) is -3.20. The molecule has 1 fully saturated rings. The van der Waals surface area contributed by atoms with Crippen LogP contribution in [-0.4, -0.2) is 11.7 Å². The Balaban J connectivity index is 2.01. The molecule has 0 atom stereocenters. The minimum Gasteiger partial charge on any atom is -0.325 e. The van der Waals surface area contributed by atoms with E-state index in [0.29, 0.717) is 12.0 Å². The van der Waals surface area contributed by atoms with Crippen LogP contribution in [0.2, 0.25) is 0 Å². The maximum absolute atomic E-state index is 13.5. The lowest BCUT2D eigenvalue weighted by molar-refractivity contribution is -0.184. The fraction of sp³-hybridized carbons (Fsp3) is 0.571. The molecular weight excluding hydrogens is 258 g/mol. The monoisotopic (exact) mass is 275 g/mol. The number of alkyl halides is 3. The van der Waals surface area contributed by atoms with Gasteiger partial charge in [0.15, 0.2) is 0 Å². The smallest absolute Gasteiger partial charge is 0.325 e. The molecule has 5 heteroatoms. The Kier molecular flexibility index (Phi) is 3.85. The molecule has 0 aliphatic heterocycles. The summed E-state index contributed by atoms with van der Waals surface area (Å²) in [5.41, 5.74) is 5.90. The van der Waals surface area contributed by atoms with Crippen molar-refractivity contribution >= 4 is 0 Å².